The van der Waals surface area contributed by atoms with E-state index < -0.39 is 0 Å². The molecule has 2 rings (SSSR count). The van der Waals surface area contributed by atoms with Gasteiger partial charge in [-0.05, 0) is 66.2 Å². The average molecular weight is 435 g/mol. The van der Waals surface area contributed by atoms with E-state index in [0.717, 1.165) is 17.8 Å². The minimum absolute atomic E-state index is 0.229. The second-order valence-corrected chi connectivity index (χ2v) is 10.7. The Hall–Kier alpha value is -2.09. The molecule has 176 valence electrons. The molecule has 0 saturated carbocycles. The summed E-state index contributed by atoms with van der Waals surface area (Å²) in [7, 11) is 0. The molecule has 0 heterocycles. The smallest absolute Gasteiger partial charge is 0.0723 e. The predicted octanol–water partition coefficient (Wildman–Crippen LogP) is 9.55. The summed E-state index contributed by atoms with van der Waals surface area (Å²) in [4.78, 5) is 5.34. The fourth-order valence-corrected chi connectivity index (χ4v) is 4.34. The molecule has 0 unspecified atom stereocenters. The molecule has 32 heavy (non-hydrogen) atoms. The molecule has 0 fully saturated rings. The van der Waals surface area contributed by atoms with Crippen molar-refractivity contribution in [1.82, 2.24) is 0 Å². The molecular formula is C30H46N2. The lowest BCUT2D eigenvalue weighted by molar-refractivity contribution is 0.642. The first-order valence-electron chi connectivity index (χ1n) is 12.5. The molecule has 0 amide bonds. The van der Waals surface area contributed by atoms with Crippen molar-refractivity contribution >= 4 is 17.1 Å². The SMILES string of the molecule is CC[C@](C)(Nc1c(C(C)C)cccc1C(C)C)C(C)=Nc1c(C(C)C)cccc1C(C)C. The maximum absolute atomic E-state index is 5.34. The summed E-state index contributed by atoms with van der Waals surface area (Å²) in [5, 5.41) is 3.99. The predicted molar refractivity (Wildman–Crippen MR) is 144 cm³/mol. The summed E-state index contributed by atoms with van der Waals surface area (Å²) in [6.07, 6.45) is 0.965. The van der Waals surface area contributed by atoms with Gasteiger partial charge in [-0.2, -0.15) is 0 Å². The Morgan fingerprint density at radius 3 is 1.47 bits per heavy atom. The van der Waals surface area contributed by atoms with E-state index in [4.69, 9.17) is 4.99 Å². The van der Waals surface area contributed by atoms with Gasteiger partial charge in [0.15, 0.2) is 0 Å². The average Bonchev–Trinajstić information content (AvgIpc) is 2.72. The van der Waals surface area contributed by atoms with Gasteiger partial charge in [-0.25, -0.2) is 0 Å². The van der Waals surface area contributed by atoms with Gasteiger partial charge in [0.25, 0.3) is 0 Å². The first-order chi connectivity index (χ1) is 14.9. The number of aliphatic imine (C=N–C) groups is 1. The third-order valence-electron chi connectivity index (χ3n) is 6.90. The van der Waals surface area contributed by atoms with Gasteiger partial charge in [0.1, 0.15) is 0 Å². The van der Waals surface area contributed by atoms with Gasteiger partial charge in [0.2, 0.25) is 0 Å². The number of nitrogens with one attached hydrogen (secondary N) is 1. The second kappa shape index (κ2) is 10.7. The third kappa shape index (κ3) is 5.63. The monoisotopic (exact) mass is 434 g/mol. The quantitative estimate of drug-likeness (QED) is 0.390. The van der Waals surface area contributed by atoms with Gasteiger partial charge in [-0.1, -0.05) is 98.7 Å². The van der Waals surface area contributed by atoms with Crippen LogP contribution in [0.25, 0.3) is 0 Å². The normalized spacial score (nSPS) is 14.5. The van der Waals surface area contributed by atoms with Crippen LogP contribution < -0.4 is 5.32 Å². The van der Waals surface area contributed by atoms with E-state index in [1.807, 2.05) is 0 Å². The number of para-hydroxylation sites is 2. The number of hydrogen-bond acceptors (Lipinski definition) is 2. The van der Waals surface area contributed by atoms with Crippen LogP contribution in [0.1, 0.15) is 129 Å². The minimum atomic E-state index is -0.229. The molecule has 2 aromatic rings. The van der Waals surface area contributed by atoms with Crippen molar-refractivity contribution in [2.45, 2.75) is 112 Å². The first-order valence-corrected chi connectivity index (χ1v) is 12.5. The molecular weight excluding hydrogens is 388 g/mol. The molecule has 1 N–H and O–H groups in total. The molecule has 0 aromatic heterocycles. The Balaban J connectivity index is 2.64. The highest BCUT2D eigenvalue weighted by molar-refractivity contribution is 5.96. The van der Waals surface area contributed by atoms with E-state index in [9.17, 15) is 0 Å². The van der Waals surface area contributed by atoms with Crippen molar-refractivity contribution in [2.24, 2.45) is 4.99 Å². The molecule has 1 atom stereocenters. The van der Waals surface area contributed by atoms with E-state index in [1.165, 1.54) is 27.9 Å². The molecule has 0 radical (unpaired) electrons. The summed E-state index contributed by atoms with van der Waals surface area (Å²) >= 11 is 0. The number of rotatable bonds is 9. The highest BCUT2D eigenvalue weighted by Gasteiger charge is 2.29. The molecule has 0 aliphatic heterocycles. The highest BCUT2D eigenvalue weighted by Crippen LogP contribution is 2.38. The van der Waals surface area contributed by atoms with Crippen LogP contribution in [0.5, 0.6) is 0 Å². The molecule has 0 aliphatic carbocycles. The van der Waals surface area contributed by atoms with Gasteiger partial charge in [-0.15, -0.1) is 0 Å². The van der Waals surface area contributed by atoms with Crippen LogP contribution in [-0.4, -0.2) is 11.3 Å². The van der Waals surface area contributed by atoms with Crippen LogP contribution in [0.4, 0.5) is 11.4 Å². The van der Waals surface area contributed by atoms with Crippen molar-refractivity contribution in [1.29, 1.82) is 0 Å². The lowest BCUT2D eigenvalue weighted by atomic mass is 9.87. The van der Waals surface area contributed by atoms with E-state index >= 15 is 0 Å². The lowest BCUT2D eigenvalue weighted by Gasteiger charge is -2.35. The molecule has 0 bridgehead atoms. The number of nitrogens with zero attached hydrogens (tertiary/aromatic N) is 1. The van der Waals surface area contributed by atoms with Gasteiger partial charge in [-0.3, -0.25) is 4.99 Å². The highest BCUT2D eigenvalue weighted by atomic mass is 15.0. The summed E-state index contributed by atoms with van der Waals surface area (Å²) < 4.78 is 0. The van der Waals surface area contributed by atoms with Crippen LogP contribution >= 0.6 is 0 Å². The number of hydrogen-bond donors (Lipinski definition) is 1. The van der Waals surface area contributed by atoms with Crippen molar-refractivity contribution in [2.75, 3.05) is 5.32 Å². The van der Waals surface area contributed by atoms with Crippen LogP contribution in [0, 0.1) is 0 Å². The Bertz CT molecular complexity index is 881. The molecule has 2 heteroatoms. The Kier molecular flexibility index (Phi) is 8.74. The molecule has 0 saturated heterocycles. The fourth-order valence-electron chi connectivity index (χ4n) is 4.34. The van der Waals surface area contributed by atoms with Crippen molar-refractivity contribution in [3.05, 3.63) is 58.7 Å². The molecule has 0 aliphatic rings. The zero-order valence-electron chi connectivity index (χ0n) is 22.4. The standard InChI is InChI=1S/C30H46N2/c1-12-30(11,32-29-26(21(6)7)17-14-18-27(29)22(8)9)23(10)31-28-24(19(2)3)15-13-16-25(28)20(4)5/h13-22,32H,12H2,1-11H3/t30-/m0/s1. The maximum atomic E-state index is 5.34. The molecule has 2 aromatic carbocycles. The van der Waals surface area contributed by atoms with Gasteiger partial charge >= 0.3 is 0 Å². The topological polar surface area (TPSA) is 24.4 Å². The van der Waals surface area contributed by atoms with E-state index in [0.29, 0.717) is 23.7 Å². The first kappa shape index (κ1) is 26.2. The van der Waals surface area contributed by atoms with Gasteiger partial charge in [0.05, 0.1) is 11.2 Å². The number of benzene rings is 2. The summed E-state index contributed by atoms with van der Waals surface area (Å²) in [6, 6.07) is 13.4. The van der Waals surface area contributed by atoms with Crippen LogP contribution in [-0.2, 0) is 0 Å². The van der Waals surface area contributed by atoms with E-state index in [2.05, 4.69) is 118 Å². The zero-order chi connectivity index (χ0) is 24.2. The van der Waals surface area contributed by atoms with Crippen LogP contribution in [0.2, 0.25) is 0 Å². The molecule has 0 spiro atoms. The zero-order valence-corrected chi connectivity index (χ0v) is 22.4. The Morgan fingerprint density at radius 2 is 1.12 bits per heavy atom. The summed E-state index contributed by atoms with van der Waals surface area (Å²) in [6.45, 7) is 24.9. The van der Waals surface area contributed by atoms with Crippen LogP contribution in [0.3, 0.4) is 0 Å². The van der Waals surface area contributed by atoms with Crippen molar-refractivity contribution in [3.8, 4) is 0 Å². The molecule has 2 nitrogen and oxygen atoms in total. The van der Waals surface area contributed by atoms with E-state index in [1.54, 1.807) is 0 Å². The maximum Gasteiger partial charge on any atom is 0.0723 e. The number of anilines is 1. The second-order valence-electron chi connectivity index (χ2n) is 10.7. The van der Waals surface area contributed by atoms with Crippen molar-refractivity contribution in [3.63, 3.8) is 0 Å². The Labute approximate surface area is 198 Å². The van der Waals surface area contributed by atoms with E-state index in [-0.39, 0.29) is 5.54 Å². The fraction of sp³-hybridized carbons (Fsp3) is 0.567. The van der Waals surface area contributed by atoms with Gasteiger partial charge < -0.3 is 5.32 Å². The van der Waals surface area contributed by atoms with Crippen LogP contribution in [0.15, 0.2) is 41.4 Å². The minimum Gasteiger partial charge on any atom is -0.374 e. The largest absolute Gasteiger partial charge is 0.374 e. The summed E-state index contributed by atoms with van der Waals surface area (Å²) in [5.74, 6) is 1.80. The van der Waals surface area contributed by atoms with Crippen molar-refractivity contribution < 1.29 is 0 Å². The lowest BCUT2D eigenvalue weighted by Crippen LogP contribution is -2.42. The van der Waals surface area contributed by atoms with Gasteiger partial charge in [0, 0.05) is 11.4 Å². The Morgan fingerprint density at radius 1 is 0.750 bits per heavy atom. The summed E-state index contributed by atoms with van der Waals surface area (Å²) in [5.41, 5.74) is 8.80. The third-order valence-corrected chi connectivity index (χ3v) is 6.90.